The first-order valence-corrected chi connectivity index (χ1v) is 9.74. The first-order valence-electron chi connectivity index (χ1n) is 9.74. The molecule has 0 saturated carbocycles. The largest absolute Gasteiger partial charge is 0.453 e. The minimum absolute atomic E-state index is 0.0975. The minimum atomic E-state index is -4.69. The molecule has 2 aromatic heterocycles. The Morgan fingerprint density at radius 1 is 1.12 bits per heavy atom. The number of aromatic nitrogens is 4. The molecule has 0 spiro atoms. The number of nitrogens with zero attached hydrogens (tertiary/aromatic N) is 5. The molecule has 0 fully saturated rings. The van der Waals surface area contributed by atoms with Crippen molar-refractivity contribution in [2.75, 3.05) is 14.1 Å². The lowest BCUT2D eigenvalue weighted by molar-refractivity contribution is -0.159. The fraction of sp³-hybridized carbons (Fsp3) is 0.381. The predicted octanol–water partition coefficient (Wildman–Crippen LogP) is 3.07. The molecule has 0 aliphatic carbocycles. The number of alkyl halides is 3. The van der Waals surface area contributed by atoms with Gasteiger partial charge in [-0.2, -0.15) is 18.2 Å². The van der Waals surface area contributed by atoms with E-state index in [0.717, 1.165) is 4.52 Å². The predicted molar refractivity (Wildman–Crippen MR) is 108 cm³/mol. The van der Waals surface area contributed by atoms with Crippen LogP contribution in [0.1, 0.15) is 40.9 Å². The summed E-state index contributed by atoms with van der Waals surface area (Å²) >= 11 is 0. The van der Waals surface area contributed by atoms with Crippen molar-refractivity contribution in [2.24, 2.45) is 0 Å². The van der Waals surface area contributed by atoms with E-state index in [2.05, 4.69) is 15.1 Å². The van der Waals surface area contributed by atoms with Gasteiger partial charge in [-0.05, 0) is 25.8 Å². The third-order valence-corrected chi connectivity index (χ3v) is 4.90. The number of hydrogen-bond donors (Lipinski definition) is 0. The minimum Gasteiger partial charge on any atom is -0.447 e. The molecule has 0 aliphatic heterocycles. The maximum absolute atomic E-state index is 12.9. The van der Waals surface area contributed by atoms with Gasteiger partial charge < -0.3 is 9.64 Å². The SMILES string of the molecule is Cc1nc2nc(C(F)(F)F)nn2c(C)c1CCC(=O)O[C@H](C(=O)N(C)C)c1ccccc1. The first-order chi connectivity index (χ1) is 15.0. The maximum Gasteiger partial charge on any atom is 0.453 e. The topological polar surface area (TPSA) is 89.7 Å². The number of aryl methyl sites for hydroxylation is 2. The number of ether oxygens (including phenoxy) is 1. The second kappa shape index (κ2) is 8.93. The smallest absolute Gasteiger partial charge is 0.447 e. The highest BCUT2D eigenvalue weighted by atomic mass is 19.4. The molecule has 32 heavy (non-hydrogen) atoms. The lowest BCUT2D eigenvalue weighted by Gasteiger charge is -2.21. The van der Waals surface area contributed by atoms with Crippen LogP contribution in [0.25, 0.3) is 5.78 Å². The van der Waals surface area contributed by atoms with Gasteiger partial charge >= 0.3 is 12.1 Å². The van der Waals surface area contributed by atoms with Crippen molar-refractivity contribution in [1.29, 1.82) is 0 Å². The molecule has 0 saturated heterocycles. The Morgan fingerprint density at radius 2 is 1.78 bits per heavy atom. The molecule has 0 aliphatic rings. The van der Waals surface area contributed by atoms with Crippen molar-refractivity contribution < 1.29 is 27.5 Å². The second-order valence-electron chi connectivity index (χ2n) is 7.42. The van der Waals surface area contributed by atoms with Crippen LogP contribution in [0.3, 0.4) is 0 Å². The van der Waals surface area contributed by atoms with E-state index >= 15 is 0 Å². The number of benzene rings is 1. The summed E-state index contributed by atoms with van der Waals surface area (Å²) in [5.41, 5.74) is 1.93. The Bertz CT molecular complexity index is 1140. The van der Waals surface area contributed by atoms with Gasteiger partial charge in [0.25, 0.3) is 17.5 Å². The number of halogens is 3. The first kappa shape index (κ1) is 23.2. The molecule has 3 aromatic rings. The Morgan fingerprint density at radius 3 is 2.38 bits per heavy atom. The van der Waals surface area contributed by atoms with Crippen LogP contribution < -0.4 is 0 Å². The van der Waals surface area contributed by atoms with Gasteiger partial charge in [0.2, 0.25) is 6.10 Å². The van der Waals surface area contributed by atoms with Gasteiger partial charge in [0, 0.05) is 37.5 Å². The molecule has 3 rings (SSSR count). The Labute approximate surface area is 182 Å². The van der Waals surface area contributed by atoms with Gasteiger partial charge in [-0.3, -0.25) is 9.59 Å². The molecule has 1 atom stereocenters. The molecule has 0 bridgehead atoms. The zero-order chi connectivity index (χ0) is 23.6. The third kappa shape index (κ3) is 4.87. The van der Waals surface area contributed by atoms with Crippen LogP contribution >= 0.6 is 0 Å². The van der Waals surface area contributed by atoms with E-state index in [1.165, 1.54) is 4.90 Å². The summed E-state index contributed by atoms with van der Waals surface area (Å²) in [7, 11) is 3.13. The normalized spacial score (nSPS) is 12.6. The number of fused-ring (bicyclic) bond motifs is 1. The van der Waals surface area contributed by atoms with Crippen molar-refractivity contribution in [3.05, 3.63) is 58.7 Å². The van der Waals surface area contributed by atoms with Crippen LogP contribution in [0.15, 0.2) is 30.3 Å². The molecule has 8 nitrogen and oxygen atoms in total. The van der Waals surface area contributed by atoms with E-state index in [1.54, 1.807) is 58.3 Å². The molecule has 1 amide bonds. The molecule has 0 unspecified atom stereocenters. The quantitative estimate of drug-likeness (QED) is 0.538. The standard InChI is InChI=1S/C21H22F3N5O3/c1-12-15(13(2)29-20(25-12)26-19(27-29)21(22,23)24)10-11-16(30)32-17(18(31)28(3)4)14-8-6-5-7-9-14/h5-9,17H,10-11H2,1-4H3/t17-/m0/s1. The number of hydrogen-bond acceptors (Lipinski definition) is 6. The summed E-state index contributed by atoms with van der Waals surface area (Å²) in [6.07, 6.45) is -5.73. The molecule has 11 heteroatoms. The van der Waals surface area contributed by atoms with Crippen molar-refractivity contribution in [3.63, 3.8) is 0 Å². The van der Waals surface area contributed by atoms with Crippen LogP contribution in [-0.4, -0.2) is 50.5 Å². The highest BCUT2D eigenvalue weighted by molar-refractivity contribution is 5.84. The Balaban J connectivity index is 1.79. The molecule has 1 aromatic carbocycles. The summed E-state index contributed by atoms with van der Waals surface area (Å²) in [6.45, 7) is 3.21. The summed E-state index contributed by atoms with van der Waals surface area (Å²) in [4.78, 5) is 33.9. The number of carbonyl (C=O) groups is 2. The molecular formula is C21H22F3N5O3. The fourth-order valence-corrected chi connectivity index (χ4v) is 3.23. The van der Waals surface area contributed by atoms with Crippen LogP contribution in [-0.2, 0) is 26.9 Å². The van der Waals surface area contributed by atoms with Gasteiger partial charge in [0.15, 0.2) is 0 Å². The van der Waals surface area contributed by atoms with Crippen molar-refractivity contribution >= 4 is 17.7 Å². The lowest BCUT2D eigenvalue weighted by Crippen LogP contribution is -2.31. The number of likely N-dealkylation sites (N-methyl/N-ethyl adjacent to an activating group) is 1. The number of amides is 1. The van der Waals surface area contributed by atoms with Crippen molar-refractivity contribution in [2.45, 2.75) is 39.0 Å². The van der Waals surface area contributed by atoms with Gasteiger partial charge in [0.1, 0.15) is 0 Å². The molecule has 0 radical (unpaired) electrons. The van der Waals surface area contributed by atoms with Crippen LogP contribution in [0, 0.1) is 13.8 Å². The average molecular weight is 449 g/mol. The monoisotopic (exact) mass is 449 g/mol. The van der Waals surface area contributed by atoms with Gasteiger partial charge in [-0.15, -0.1) is 5.10 Å². The number of esters is 1. The summed E-state index contributed by atoms with van der Waals surface area (Å²) in [5.74, 6) is -2.46. The fourth-order valence-electron chi connectivity index (χ4n) is 3.23. The Kier molecular flexibility index (Phi) is 6.47. The number of rotatable bonds is 6. The Hall–Kier alpha value is -3.50. The van der Waals surface area contributed by atoms with E-state index < -0.39 is 24.1 Å². The van der Waals surface area contributed by atoms with Gasteiger partial charge in [-0.25, -0.2) is 9.50 Å². The summed E-state index contributed by atoms with van der Waals surface area (Å²) in [5, 5.41) is 3.49. The van der Waals surface area contributed by atoms with Crippen molar-refractivity contribution in [1.82, 2.24) is 24.5 Å². The molecular weight excluding hydrogens is 427 g/mol. The van der Waals surface area contributed by atoms with E-state index in [1.807, 2.05) is 0 Å². The molecule has 0 N–H and O–H groups in total. The van der Waals surface area contributed by atoms with E-state index in [4.69, 9.17) is 4.74 Å². The maximum atomic E-state index is 12.9. The van der Waals surface area contributed by atoms with Crippen LogP contribution in [0.5, 0.6) is 0 Å². The zero-order valence-corrected chi connectivity index (χ0v) is 18.0. The summed E-state index contributed by atoms with van der Waals surface area (Å²) in [6, 6.07) is 8.63. The van der Waals surface area contributed by atoms with E-state index in [0.29, 0.717) is 22.5 Å². The average Bonchev–Trinajstić information content (AvgIpc) is 3.16. The molecule has 170 valence electrons. The second-order valence-corrected chi connectivity index (χ2v) is 7.42. The molecule has 2 heterocycles. The summed E-state index contributed by atoms with van der Waals surface area (Å²) < 4.78 is 45.3. The third-order valence-electron chi connectivity index (χ3n) is 4.90. The van der Waals surface area contributed by atoms with E-state index in [9.17, 15) is 22.8 Å². The van der Waals surface area contributed by atoms with Crippen LogP contribution in [0.2, 0.25) is 0 Å². The highest BCUT2D eigenvalue weighted by Gasteiger charge is 2.37. The zero-order valence-electron chi connectivity index (χ0n) is 18.0. The van der Waals surface area contributed by atoms with Crippen molar-refractivity contribution in [3.8, 4) is 0 Å². The lowest BCUT2D eigenvalue weighted by atomic mass is 10.1. The van der Waals surface area contributed by atoms with Gasteiger partial charge in [-0.1, -0.05) is 30.3 Å². The van der Waals surface area contributed by atoms with Gasteiger partial charge in [0.05, 0.1) is 0 Å². The van der Waals surface area contributed by atoms with E-state index in [-0.39, 0.29) is 24.5 Å². The number of carbonyl (C=O) groups excluding carboxylic acids is 2. The highest BCUT2D eigenvalue weighted by Crippen LogP contribution is 2.27. The van der Waals surface area contributed by atoms with Crippen LogP contribution in [0.4, 0.5) is 13.2 Å².